The van der Waals surface area contributed by atoms with Gasteiger partial charge in [0, 0.05) is 0 Å². The van der Waals surface area contributed by atoms with Crippen molar-refractivity contribution in [3.63, 3.8) is 0 Å². The van der Waals surface area contributed by atoms with Crippen LogP contribution in [0.1, 0.15) is 0 Å². The highest BCUT2D eigenvalue weighted by Gasteiger charge is 2.11. The highest BCUT2D eigenvalue weighted by molar-refractivity contribution is 6.99. The molecule has 0 bridgehead atoms. The first kappa shape index (κ1) is 13.4. The van der Waals surface area contributed by atoms with Gasteiger partial charge in [-0.3, -0.25) is 0 Å². The van der Waals surface area contributed by atoms with Crippen LogP contribution in [0, 0.1) is 0 Å². The van der Waals surface area contributed by atoms with Crippen LogP contribution in [-0.2, 0) is 0 Å². The molecule has 2 aromatic carbocycles. The minimum absolute atomic E-state index is 0.234. The molecule has 1 heterocycles. The summed E-state index contributed by atoms with van der Waals surface area (Å²) in [7, 11) is 0. The maximum atomic E-state index is 6.24. The zero-order valence-electron chi connectivity index (χ0n) is 10.1. The van der Waals surface area contributed by atoms with Crippen molar-refractivity contribution < 1.29 is 4.74 Å². The van der Waals surface area contributed by atoms with E-state index in [0.29, 0.717) is 10.8 Å². The van der Waals surface area contributed by atoms with E-state index in [-0.39, 0.29) is 11.0 Å². The normalized spacial score (nSPS) is 10.5. The van der Waals surface area contributed by atoms with Gasteiger partial charge in [0.15, 0.2) is 0 Å². The molecule has 0 unspecified atom stereocenters. The number of hydrogen-bond acceptors (Lipinski definition) is 4. The first-order valence-corrected chi connectivity index (χ1v) is 7.23. The number of ether oxygens (including phenoxy) is 1. The molecule has 0 aliphatic rings. The Morgan fingerprint density at radius 1 is 0.900 bits per heavy atom. The van der Waals surface area contributed by atoms with E-state index >= 15 is 0 Å². The van der Waals surface area contributed by atoms with E-state index in [2.05, 4.69) is 8.75 Å². The van der Waals surface area contributed by atoms with E-state index in [0.717, 1.165) is 22.9 Å². The fraction of sp³-hybridized carbons (Fsp3) is 0. The fourth-order valence-electron chi connectivity index (χ4n) is 1.73. The molecule has 0 saturated carbocycles. The van der Waals surface area contributed by atoms with E-state index in [4.69, 9.17) is 27.9 Å². The lowest BCUT2D eigenvalue weighted by molar-refractivity contribution is 0.468. The van der Waals surface area contributed by atoms with E-state index in [1.54, 1.807) is 6.07 Å². The maximum absolute atomic E-state index is 6.24. The molecule has 0 aliphatic heterocycles. The molecule has 3 aromatic rings. The molecule has 20 heavy (non-hydrogen) atoms. The van der Waals surface area contributed by atoms with Crippen molar-refractivity contribution in [3.8, 4) is 22.8 Å². The van der Waals surface area contributed by atoms with Crippen molar-refractivity contribution in [1.29, 1.82) is 0 Å². The summed E-state index contributed by atoms with van der Waals surface area (Å²) in [6, 6.07) is 15.5. The van der Waals surface area contributed by atoms with Crippen molar-refractivity contribution in [2.75, 3.05) is 0 Å². The van der Waals surface area contributed by atoms with Crippen molar-refractivity contribution >= 4 is 34.9 Å². The summed E-state index contributed by atoms with van der Waals surface area (Å²) >= 11 is 13.1. The largest absolute Gasteiger partial charge is 0.434 e. The summed E-state index contributed by atoms with van der Waals surface area (Å²) in [5.41, 5.74) is 2.11. The lowest BCUT2D eigenvalue weighted by Gasteiger charge is -2.07. The second kappa shape index (κ2) is 5.79. The molecule has 100 valence electrons. The zero-order valence-corrected chi connectivity index (χ0v) is 12.4. The first-order chi connectivity index (χ1) is 9.74. The molecule has 0 radical (unpaired) electrons. The minimum atomic E-state index is 0.234. The molecule has 0 saturated heterocycles. The van der Waals surface area contributed by atoms with Gasteiger partial charge in [0.25, 0.3) is 5.88 Å². The number of benzene rings is 2. The predicted octanol–water partition coefficient (Wildman–Crippen LogP) is 5.30. The summed E-state index contributed by atoms with van der Waals surface area (Å²) in [5, 5.41) is 0.730. The average Bonchev–Trinajstić information content (AvgIpc) is 2.87. The third kappa shape index (κ3) is 2.77. The third-order valence-electron chi connectivity index (χ3n) is 2.67. The number of hydrogen-bond donors (Lipinski definition) is 0. The summed E-state index contributed by atoms with van der Waals surface area (Å²) in [4.78, 5) is 0. The Morgan fingerprint density at radius 2 is 1.70 bits per heavy atom. The number of rotatable bonds is 3. The van der Waals surface area contributed by atoms with Crippen molar-refractivity contribution in [2.45, 2.75) is 0 Å². The highest BCUT2D eigenvalue weighted by atomic mass is 35.5. The highest BCUT2D eigenvalue weighted by Crippen LogP contribution is 2.34. The Bertz CT molecular complexity index is 731. The number of aromatic nitrogens is 2. The zero-order chi connectivity index (χ0) is 13.9. The van der Waals surface area contributed by atoms with Gasteiger partial charge < -0.3 is 4.74 Å². The third-order valence-corrected chi connectivity index (χ3v) is 3.82. The molecule has 3 nitrogen and oxygen atoms in total. The van der Waals surface area contributed by atoms with Crippen LogP contribution in [0.5, 0.6) is 11.6 Å². The van der Waals surface area contributed by atoms with Gasteiger partial charge in [-0.1, -0.05) is 59.6 Å². The molecule has 0 amide bonds. The van der Waals surface area contributed by atoms with Crippen LogP contribution in [0.3, 0.4) is 0 Å². The Hall–Kier alpha value is -1.62. The van der Waals surface area contributed by atoms with Gasteiger partial charge in [-0.25, -0.2) is 0 Å². The van der Waals surface area contributed by atoms with E-state index in [1.165, 1.54) is 0 Å². The number of halogens is 2. The molecule has 3 rings (SSSR count). The predicted molar refractivity (Wildman–Crippen MR) is 81.9 cm³/mol. The Balaban J connectivity index is 1.90. The Morgan fingerprint density at radius 3 is 2.35 bits per heavy atom. The second-order valence-corrected chi connectivity index (χ2v) is 5.27. The van der Waals surface area contributed by atoms with Gasteiger partial charge >= 0.3 is 0 Å². The van der Waals surface area contributed by atoms with Gasteiger partial charge in [-0.2, -0.15) is 4.37 Å². The molecular formula is C14H8Cl2N2OS. The van der Waals surface area contributed by atoms with Crippen molar-refractivity contribution in [2.24, 2.45) is 0 Å². The summed E-state index contributed by atoms with van der Waals surface area (Å²) in [6.07, 6.45) is 0. The van der Waals surface area contributed by atoms with Crippen LogP contribution in [0.4, 0.5) is 0 Å². The van der Waals surface area contributed by atoms with Gasteiger partial charge in [0.2, 0.25) is 5.15 Å². The van der Waals surface area contributed by atoms with E-state index in [9.17, 15) is 0 Å². The fourth-order valence-corrected chi connectivity index (χ4v) is 2.56. The van der Waals surface area contributed by atoms with Crippen LogP contribution >= 0.6 is 34.9 Å². The quantitative estimate of drug-likeness (QED) is 0.655. The van der Waals surface area contributed by atoms with E-state index in [1.807, 2.05) is 42.5 Å². The van der Waals surface area contributed by atoms with Crippen LogP contribution < -0.4 is 4.74 Å². The summed E-state index contributed by atoms with van der Waals surface area (Å²) in [5.74, 6) is 0.770. The van der Waals surface area contributed by atoms with Crippen LogP contribution in [0.15, 0.2) is 48.5 Å². The maximum Gasteiger partial charge on any atom is 0.270 e. The molecule has 0 N–H and O–H groups in total. The second-order valence-electron chi connectivity index (χ2n) is 3.97. The molecule has 0 fully saturated rings. The van der Waals surface area contributed by atoms with Crippen molar-refractivity contribution in [3.05, 3.63) is 58.7 Å². The van der Waals surface area contributed by atoms with Gasteiger partial charge in [-0.15, -0.1) is 4.37 Å². The lowest BCUT2D eigenvalue weighted by Crippen LogP contribution is -1.87. The molecule has 1 aromatic heterocycles. The molecule has 0 spiro atoms. The van der Waals surface area contributed by atoms with Crippen molar-refractivity contribution in [1.82, 2.24) is 8.75 Å². The molecule has 6 heteroatoms. The molecule has 0 aliphatic carbocycles. The lowest BCUT2D eigenvalue weighted by atomic mass is 10.1. The monoisotopic (exact) mass is 322 g/mol. The topological polar surface area (TPSA) is 35.0 Å². The van der Waals surface area contributed by atoms with Gasteiger partial charge in [0.05, 0.1) is 16.8 Å². The summed E-state index contributed by atoms with van der Waals surface area (Å²) in [6.45, 7) is 0. The Kier molecular flexibility index (Phi) is 3.87. The van der Waals surface area contributed by atoms with E-state index < -0.39 is 0 Å². The SMILES string of the molecule is Clc1cc(-c2ccccc2)ccc1Oc1nsnc1Cl. The summed E-state index contributed by atoms with van der Waals surface area (Å²) < 4.78 is 13.3. The molecular weight excluding hydrogens is 315 g/mol. The first-order valence-electron chi connectivity index (χ1n) is 5.75. The van der Waals surface area contributed by atoms with Crippen LogP contribution in [-0.4, -0.2) is 8.75 Å². The van der Waals surface area contributed by atoms with Crippen LogP contribution in [0.25, 0.3) is 11.1 Å². The van der Waals surface area contributed by atoms with Crippen LogP contribution in [0.2, 0.25) is 10.2 Å². The Labute approximate surface area is 130 Å². The van der Waals surface area contributed by atoms with Gasteiger partial charge in [0.1, 0.15) is 5.75 Å². The minimum Gasteiger partial charge on any atom is -0.434 e. The van der Waals surface area contributed by atoms with Gasteiger partial charge in [-0.05, 0) is 23.3 Å². The number of nitrogens with zero attached hydrogens (tertiary/aromatic N) is 2. The molecule has 0 atom stereocenters. The average molecular weight is 323 g/mol. The standard InChI is InChI=1S/C14H8Cl2N2OS/c15-11-8-10(9-4-2-1-3-5-9)6-7-12(11)19-14-13(16)17-20-18-14/h1-8H. The smallest absolute Gasteiger partial charge is 0.270 e.